The zero-order valence-electron chi connectivity index (χ0n) is 16.9. The van der Waals surface area contributed by atoms with Crippen molar-refractivity contribution in [3.05, 3.63) is 48.0 Å². The molecule has 0 bridgehead atoms. The van der Waals surface area contributed by atoms with E-state index in [0.29, 0.717) is 6.67 Å². The Morgan fingerprint density at radius 2 is 1.38 bits per heavy atom. The Morgan fingerprint density at radius 3 is 2.10 bits per heavy atom. The predicted molar refractivity (Wildman–Crippen MR) is 113 cm³/mol. The molecule has 2 aromatic rings. The zero-order chi connectivity index (χ0) is 19.8. The number of piperazine rings is 1. The van der Waals surface area contributed by atoms with Gasteiger partial charge >= 0.3 is 0 Å². The van der Waals surface area contributed by atoms with Gasteiger partial charge in [0.05, 0.1) is 18.5 Å². The van der Waals surface area contributed by atoms with E-state index in [9.17, 15) is 9.59 Å². The van der Waals surface area contributed by atoms with E-state index in [1.54, 1.807) is 4.90 Å². The van der Waals surface area contributed by atoms with Crippen molar-refractivity contribution in [1.82, 2.24) is 14.7 Å². The van der Waals surface area contributed by atoms with E-state index in [1.807, 2.05) is 0 Å². The van der Waals surface area contributed by atoms with E-state index in [-0.39, 0.29) is 23.7 Å². The average molecular weight is 392 g/mol. The van der Waals surface area contributed by atoms with Crippen LogP contribution in [-0.4, -0.2) is 59.4 Å². The highest BCUT2D eigenvalue weighted by Crippen LogP contribution is 2.38. The second kappa shape index (κ2) is 7.88. The molecular formula is C24H29N3O2. The number of likely N-dealkylation sites (tertiary alicyclic amines) is 1. The summed E-state index contributed by atoms with van der Waals surface area (Å²) in [5.41, 5.74) is 1.37. The first-order chi connectivity index (χ1) is 14.2. The minimum absolute atomic E-state index is 0.0381. The molecule has 2 aliphatic heterocycles. The number of nitrogens with zero attached hydrogens (tertiary/aromatic N) is 3. The van der Waals surface area contributed by atoms with Crippen molar-refractivity contribution in [2.45, 2.75) is 32.2 Å². The van der Waals surface area contributed by atoms with Crippen molar-refractivity contribution in [3.63, 3.8) is 0 Å². The lowest BCUT2D eigenvalue weighted by atomic mass is 9.81. The first-order valence-electron chi connectivity index (χ1n) is 11.0. The van der Waals surface area contributed by atoms with Crippen molar-refractivity contribution in [2.75, 3.05) is 32.8 Å². The summed E-state index contributed by atoms with van der Waals surface area (Å²) in [5.74, 6) is 0.0866. The zero-order valence-corrected chi connectivity index (χ0v) is 16.9. The molecule has 3 fully saturated rings. The van der Waals surface area contributed by atoms with E-state index in [0.717, 1.165) is 58.4 Å². The third kappa shape index (κ3) is 3.58. The molecule has 2 atom stereocenters. The van der Waals surface area contributed by atoms with Gasteiger partial charge in [0, 0.05) is 32.7 Å². The third-order valence-corrected chi connectivity index (χ3v) is 7.01. The van der Waals surface area contributed by atoms with Crippen LogP contribution in [0, 0.1) is 11.8 Å². The van der Waals surface area contributed by atoms with E-state index in [1.165, 1.54) is 16.3 Å². The summed E-state index contributed by atoms with van der Waals surface area (Å²) < 4.78 is 0. The van der Waals surface area contributed by atoms with Crippen molar-refractivity contribution >= 4 is 22.6 Å². The SMILES string of the molecule is O=C1[C@@H]2CCCC[C@H]2C(=O)N1CN1CCN(Cc2cccc3ccccc23)CC1. The monoisotopic (exact) mass is 391 g/mol. The lowest BCUT2D eigenvalue weighted by molar-refractivity contribution is -0.142. The number of carbonyl (C=O) groups excluding carboxylic acids is 2. The first-order valence-corrected chi connectivity index (χ1v) is 11.0. The van der Waals surface area contributed by atoms with Gasteiger partial charge in [0.2, 0.25) is 11.8 Å². The molecule has 5 rings (SSSR count). The molecule has 29 heavy (non-hydrogen) atoms. The lowest BCUT2D eigenvalue weighted by Crippen LogP contribution is -2.51. The van der Waals surface area contributed by atoms with Crippen LogP contribution in [0.5, 0.6) is 0 Å². The second-order valence-corrected chi connectivity index (χ2v) is 8.78. The quantitative estimate of drug-likeness (QED) is 0.752. The van der Waals surface area contributed by atoms with Crippen LogP contribution in [-0.2, 0) is 16.1 Å². The van der Waals surface area contributed by atoms with E-state index >= 15 is 0 Å². The first kappa shape index (κ1) is 18.8. The Balaban J connectivity index is 1.19. The minimum atomic E-state index is -0.0381. The van der Waals surface area contributed by atoms with Gasteiger partial charge in [0.15, 0.2) is 0 Å². The summed E-state index contributed by atoms with van der Waals surface area (Å²) in [6, 6.07) is 15.1. The van der Waals surface area contributed by atoms with Crippen molar-refractivity contribution in [1.29, 1.82) is 0 Å². The van der Waals surface area contributed by atoms with Crippen LogP contribution in [0.25, 0.3) is 10.8 Å². The van der Waals surface area contributed by atoms with Gasteiger partial charge in [-0.25, -0.2) is 0 Å². The molecule has 2 aromatic carbocycles. The Morgan fingerprint density at radius 1 is 0.759 bits per heavy atom. The molecule has 5 nitrogen and oxygen atoms in total. The number of imide groups is 1. The maximum absolute atomic E-state index is 12.7. The van der Waals surface area contributed by atoms with Gasteiger partial charge in [0.25, 0.3) is 0 Å². The molecule has 3 aliphatic rings. The topological polar surface area (TPSA) is 43.9 Å². The smallest absolute Gasteiger partial charge is 0.234 e. The van der Waals surface area contributed by atoms with Gasteiger partial charge in [-0.3, -0.25) is 24.3 Å². The average Bonchev–Trinajstić information content (AvgIpc) is 3.00. The summed E-state index contributed by atoms with van der Waals surface area (Å²) in [5, 5.41) is 2.62. The summed E-state index contributed by atoms with van der Waals surface area (Å²) in [4.78, 5) is 31.7. The number of carbonyl (C=O) groups is 2. The molecule has 0 aromatic heterocycles. The number of fused-ring (bicyclic) bond motifs is 2. The standard InChI is InChI=1S/C24H29N3O2/c28-23-21-10-3-4-11-22(21)24(29)27(23)17-26-14-12-25(13-15-26)16-19-8-5-7-18-6-1-2-9-20(18)19/h1-2,5-9,21-22H,3-4,10-17H2/t21-,22-/m1/s1. The summed E-state index contributed by atoms with van der Waals surface area (Å²) in [6.45, 7) is 5.15. The number of amides is 2. The van der Waals surface area contributed by atoms with Crippen LogP contribution < -0.4 is 0 Å². The highest BCUT2D eigenvalue weighted by molar-refractivity contribution is 6.05. The normalized spacial score (nSPS) is 26.3. The van der Waals surface area contributed by atoms with Crippen molar-refractivity contribution in [2.24, 2.45) is 11.8 Å². The van der Waals surface area contributed by atoms with E-state index in [2.05, 4.69) is 52.3 Å². The van der Waals surface area contributed by atoms with Crippen molar-refractivity contribution in [3.8, 4) is 0 Å². The van der Waals surface area contributed by atoms with Crippen LogP contribution in [0.4, 0.5) is 0 Å². The van der Waals surface area contributed by atoms with Gasteiger partial charge in [-0.2, -0.15) is 0 Å². The third-order valence-electron chi connectivity index (χ3n) is 7.01. The van der Waals surface area contributed by atoms with E-state index in [4.69, 9.17) is 0 Å². The number of hydrogen-bond acceptors (Lipinski definition) is 4. The number of benzene rings is 2. The Hall–Kier alpha value is -2.24. The molecule has 0 radical (unpaired) electrons. The van der Waals surface area contributed by atoms with Gasteiger partial charge in [-0.15, -0.1) is 0 Å². The molecule has 0 unspecified atom stereocenters. The number of rotatable bonds is 4. The summed E-state index contributed by atoms with van der Waals surface area (Å²) in [7, 11) is 0. The number of hydrogen-bond donors (Lipinski definition) is 0. The van der Waals surface area contributed by atoms with Crippen LogP contribution in [0.1, 0.15) is 31.2 Å². The fourth-order valence-corrected chi connectivity index (χ4v) is 5.33. The Bertz CT molecular complexity index is 890. The molecular weight excluding hydrogens is 362 g/mol. The van der Waals surface area contributed by atoms with Crippen LogP contribution in [0.2, 0.25) is 0 Å². The fraction of sp³-hybridized carbons (Fsp3) is 0.500. The Labute approximate surface area is 172 Å². The molecule has 1 saturated carbocycles. The Kier molecular flexibility index (Phi) is 5.10. The summed E-state index contributed by atoms with van der Waals surface area (Å²) in [6.07, 6.45) is 3.96. The molecule has 2 amide bonds. The largest absolute Gasteiger partial charge is 0.297 e. The van der Waals surface area contributed by atoms with Gasteiger partial charge in [0.1, 0.15) is 0 Å². The lowest BCUT2D eigenvalue weighted by Gasteiger charge is -2.36. The highest BCUT2D eigenvalue weighted by Gasteiger charge is 2.48. The molecule has 1 aliphatic carbocycles. The molecule has 5 heteroatoms. The van der Waals surface area contributed by atoms with Crippen molar-refractivity contribution < 1.29 is 9.59 Å². The minimum Gasteiger partial charge on any atom is -0.297 e. The fourth-order valence-electron chi connectivity index (χ4n) is 5.33. The molecule has 0 spiro atoms. The molecule has 152 valence electrons. The molecule has 0 N–H and O–H groups in total. The maximum Gasteiger partial charge on any atom is 0.234 e. The van der Waals surface area contributed by atoms with Crippen LogP contribution in [0.15, 0.2) is 42.5 Å². The highest BCUT2D eigenvalue weighted by atomic mass is 16.2. The van der Waals surface area contributed by atoms with Gasteiger partial charge in [-0.05, 0) is 29.2 Å². The predicted octanol–water partition coefficient (Wildman–Crippen LogP) is 3.09. The molecule has 2 saturated heterocycles. The molecule has 2 heterocycles. The summed E-state index contributed by atoms with van der Waals surface area (Å²) >= 11 is 0. The van der Waals surface area contributed by atoms with Crippen LogP contribution >= 0.6 is 0 Å². The maximum atomic E-state index is 12.7. The van der Waals surface area contributed by atoms with Gasteiger partial charge in [-0.1, -0.05) is 55.3 Å². The van der Waals surface area contributed by atoms with Crippen LogP contribution in [0.3, 0.4) is 0 Å². The van der Waals surface area contributed by atoms with E-state index < -0.39 is 0 Å². The van der Waals surface area contributed by atoms with Gasteiger partial charge < -0.3 is 0 Å². The second-order valence-electron chi connectivity index (χ2n) is 8.78.